The van der Waals surface area contributed by atoms with Crippen LogP contribution in [0.4, 0.5) is 0 Å². The van der Waals surface area contributed by atoms with Gasteiger partial charge in [0, 0.05) is 26.3 Å². The number of halogens is 1. The van der Waals surface area contributed by atoms with E-state index in [0.717, 1.165) is 15.7 Å². The Hall–Kier alpha value is -0.610. The first-order chi connectivity index (χ1) is 9.24. The van der Waals surface area contributed by atoms with E-state index in [1.54, 1.807) is 11.8 Å². The van der Waals surface area contributed by atoms with Gasteiger partial charge < -0.3 is 5.73 Å². The van der Waals surface area contributed by atoms with Crippen molar-refractivity contribution in [2.75, 3.05) is 5.75 Å². The van der Waals surface area contributed by atoms with E-state index < -0.39 is 0 Å². The van der Waals surface area contributed by atoms with Crippen molar-refractivity contribution in [2.45, 2.75) is 28.2 Å². The summed E-state index contributed by atoms with van der Waals surface area (Å²) in [6, 6.07) is 14.2. The van der Waals surface area contributed by atoms with E-state index in [2.05, 4.69) is 31.2 Å². The van der Waals surface area contributed by atoms with Crippen LogP contribution in [0.5, 0.6) is 0 Å². The van der Waals surface area contributed by atoms with Gasteiger partial charge in [-0.25, -0.2) is 0 Å². The lowest BCUT2D eigenvalue weighted by Gasteiger charge is -2.12. The van der Waals surface area contributed by atoms with Crippen LogP contribution in [0.25, 0.3) is 0 Å². The van der Waals surface area contributed by atoms with Crippen LogP contribution < -0.4 is 5.73 Å². The molecule has 0 amide bonds. The molecule has 2 aromatic carbocycles. The number of thioether (sulfide) groups is 1. The number of hydrogen-bond donors (Lipinski definition) is 1. The van der Waals surface area contributed by atoms with E-state index in [1.807, 2.05) is 30.0 Å². The van der Waals surface area contributed by atoms with Crippen LogP contribution in [0.2, 0.25) is 5.02 Å². The zero-order valence-electron chi connectivity index (χ0n) is 10.7. The van der Waals surface area contributed by atoms with Gasteiger partial charge in [-0.15, -0.1) is 11.8 Å². The minimum absolute atomic E-state index is 0.562. The Balaban J connectivity index is 2.31. The molecule has 1 nitrogen and oxygen atoms in total. The fourth-order valence-electron chi connectivity index (χ4n) is 1.79. The predicted molar refractivity (Wildman–Crippen MR) is 86.3 cm³/mol. The fourth-order valence-corrected chi connectivity index (χ4v) is 4.01. The molecule has 0 aliphatic rings. The molecule has 2 aromatic rings. The van der Waals surface area contributed by atoms with Crippen molar-refractivity contribution in [3.63, 3.8) is 0 Å². The molecule has 0 spiro atoms. The first-order valence-corrected chi connectivity index (χ1v) is 8.30. The van der Waals surface area contributed by atoms with Crippen molar-refractivity contribution in [2.24, 2.45) is 5.73 Å². The summed E-state index contributed by atoms with van der Waals surface area (Å²) in [5, 5.41) is 0.762. The van der Waals surface area contributed by atoms with E-state index >= 15 is 0 Å². The smallest absolute Gasteiger partial charge is 0.0417 e. The highest BCUT2D eigenvalue weighted by Gasteiger charge is 2.08. The van der Waals surface area contributed by atoms with Gasteiger partial charge in [-0.3, -0.25) is 0 Å². The van der Waals surface area contributed by atoms with E-state index in [4.69, 9.17) is 17.3 Å². The Labute approximate surface area is 127 Å². The number of benzene rings is 2. The second-order valence-corrected chi connectivity index (χ2v) is 6.79. The summed E-state index contributed by atoms with van der Waals surface area (Å²) in [7, 11) is 0. The highest BCUT2D eigenvalue weighted by Crippen LogP contribution is 2.35. The normalized spacial score (nSPS) is 10.7. The molecule has 0 saturated carbocycles. The van der Waals surface area contributed by atoms with Gasteiger partial charge in [0.05, 0.1) is 0 Å². The summed E-state index contributed by atoms with van der Waals surface area (Å²) in [5.74, 6) is 1.05. The zero-order chi connectivity index (χ0) is 13.7. The third-order valence-corrected chi connectivity index (χ3v) is 4.93. The molecule has 0 heterocycles. The van der Waals surface area contributed by atoms with Crippen molar-refractivity contribution in [3.8, 4) is 0 Å². The summed E-state index contributed by atoms with van der Waals surface area (Å²) in [4.78, 5) is 3.63. The molecular formula is C15H16ClNS2. The minimum Gasteiger partial charge on any atom is -0.326 e. The largest absolute Gasteiger partial charge is 0.326 e. The number of hydrogen-bond acceptors (Lipinski definition) is 3. The Morgan fingerprint density at radius 1 is 1.11 bits per heavy atom. The van der Waals surface area contributed by atoms with Crippen molar-refractivity contribution < 1.29 is 0 Å². The maximum absolute atomic E-state index is 6.02. The second kappa shape index (κ2) is 7.25. The van der Waals surface area contributed by atoms with E-state index in [-0.39, 0.29) is 0 Å². The van der Waals surface area contributed by atoms with Crippen LogP contribution in [0.1, 0.15) is 12.5 Å². The Morgan fingerprint density at radius 3 is 2.53 bits per heavy atom. The van der Waals surface area contributed by atoms with Gasteiger partial charge in [-0.2, -0.15) is 0 Å². The standard InChI is InChI=1S/C15H16ClNS2/c1-2-18-14-7-4-8-15(13(14)10-17)19-12-6-3-5-11(16)9-12/h3-9H,2,10,17H2,1H3. The molecule has 2 rings (SSSR count). The number of rotatable bonds is 5. The Morgan fingerprint density at radius 2 is 1.84 bits per heavy atom. The SMILES string of the molecule is CCSc1cccc(Sc2cccc(Cl)c2)c1CN. The van der Waals surface area contributed by atoms with Crippen molar-refractivity contribution in [1.29, 1.82) is 0 Å². The fraction of sp³-hybridized carbons (Fsp3) is 0.200. The Kier molecular flexibility index (Phi) is 5.64. The molecule has 4 heteroatoms. The molecule has 19 heavy (non-hydrogen) atoms. The highest BCUT2D eigenvalue weighted by atomic mass is 35.5. The summed E-state index contributed by atoms with van der Waals surface area (Å²) in [5.41, 5.74) is 7.13. The third kappa shape index (κ3) is 3.93. The molecule has 0 aliphatic heterocycles. The molecule has 0 aliphatic carbocycles. The van der Waals surface area contributed by atoms with Gasteiger partial charge in [0.25, 0.3) is 0 Å². The van der Waals surface area contributed by atoms with E-state index in [9.17, 15) is 0 Å². The van der Waals surface area contributed by atoms with E-state index in [0.29, 0.717) is 6.54 Å². The maximum atomic E-state index is 6.02. The highest BCUT2D eigenvalue weighted by molar-refractivity contribution is 8.00. The number of nitrogens with two attached hydrogens (primary N) is 1. The summed E-state index contributed by atoms with van der Waals surface area (Å²) in [6.07, 6.45) is 0. The molecule has 2 N–H and O–H groups in total. The average Bonchev–Trinajstić information content (AvgIpc) is 2.39. The topological polar surface area (TPSA) is 26.0 Å². The first-order valence-electron chi connectivity index (χ1n) is 6.12. The summed E-state index contributed by atoms with van der Waals surface area (Å²) >= 11 is 9.57. The Bertz CT molecular complexity index is 558. The van der Waals surface area contributed by atoms with Crippen LogP contribution in [0, 0.1) is 0 Å². The first kappa shape index (κ1) is 14.8. The van der Waals surface area contributed by atoms with Crippen LogP contribution in [0.3, 0.4) is 0 Å². The van der Waals surface area contributed by atoms with Gasteiger partial charge >= 0.3 is 0 Å². The van der Waals surface area contributed by atoms with Gasteiger partial charge in [0.2, 0.25) is 0 Å². The van der Waals surface area contributed by atoms with Gasteiger partial charge in [-0.05, 0) is 41.6 Å². The lowest BCUT2D eigenvalue weighted by molar-refractivity contribution is 0.980. The zero-order valence-corrected chi connectivity index (χ0v) is 13.1. The van der Waals surface area contributed by atoms with Crippen molar-refractivity contribution >= 4 is 35.1 Å². The van der Waals surface area contributed by atoms with Gasteiger partial charge in [-0.1, -0.05) is 42.4 Å². The van der Waals surface area contributed by atoms with Gasteiger partial charge in [0.1, 0.15) is 0 Å². The molecule has 0 saturated heterocycles. The average molecular weight is 310 g/mol. The van der Waals surface area contributed by atoms with Crippen molar-refractivity contribution in [3.05, 3.63) is 53.1 Å². The lowest BCUT2D eigenvalue weighted by atomic mass is 10.2. The predicted octanol–water partition coefficient (Wildman–Crippen LogP) is 5.06. The van der Waals surface area contributed by atoms with Crippen LogP contribution in [-0.2, 0) is 6.54 Å². The maximum Gasteiger partial charge on any atom is 0.0417 e. The van der Waals surface area contributed by atoms with Crippen LogP contribution >= 0.6 is 35.1 Å². The molecule has 0 bridgehead atoms. The molecule has 100 valence electrons. The molecular weight excluding hydrogens is 294 g/mol. The quantitative estimate of drug-likeness (QED) is 0.782. The summed E-state index contributed by atoms with van der Waals surface area (Å²) in [6.45, 7) is 2.72. The summed E-state index contributed by atoms with van der Waals surface area (Å²) < 4.78 is 0. The van der Waals surface area contributed by atoms with Crippen LogP contribution in [-0.4, -0.2) is 5.75 Å². The second-order valence-electron chi connectivity index (χ2n) is 3.93. The monoisotopic (exact) mass is 309 g/mol. The van der Waals surface area contributed by atoms with Crippen molar-refractivity contribution in [1.82, 2.24) is 0 Å². The molecule has 0 atom stereocenters. The third-order valence-electron chi connectivity index (χ3n) is 2.62. The molecule has 0 aromatic heterocycles. The molecule has 0 unspecified atom stereocenters. The minimum atomic E-state index is 0.562. The van der Waals surface area contributed by atoms with Gasteiger partial charge in [0.15, 0.2) is 0 Å². The van der Waals surface area contributed by atoms with E-state index in [1.165, 1.54) is 15.4 Å². The van der Waals surface area contributed by atoms with Crippen LogP contribution in [0.15, 0.2) is 57.2 Å². The lowest BCUT2D eigenvalue weighted by Crippen LogP contribution is -2.00. The molecule has 0 radical (unpaired) electrons. The molecule has 0 fully saturated rings.